The van der Waals surface area contributed by atoms with Crippen LogP contribution in [0.2, 0.25) is 0 Å². The highest BCUT2D eigenvalue weighted by Gasteiger charge is 2.44. The summed E-state index contributed by atoms with van der Waals surface area (Å²) in [5.41, 5.74) is 6.87. The quantitative estimate of drug-likeness (QED) is 0.614. The minimum absolute atomic E-state index is 0.106. The molecule has 2 atom stereocenters. The summed E-state index contributed by atoms with van der Waals surface area (Å²) in [6, 6.07) is 5.15. The van der Waals surface area contributed by atoms with Crippen molar-refractivity contribution >= 4 is 30.5 Å². The van der Waals surface area contributed by atoms with Crippen LogP contribution >= 0.6 is 12.6 Å². The highest BCUT2D eigenvalue weighted by atomic mass is 32.1. The smallest absolute Gasteiger partial charge is 0.335 e. The topological polar surface area (TPSA) is 122 Å². The molecule has 8 heteroatoms. The third-order valence-corrected chi connectivity index (χ3v) is 4.11. The van der Waals surface area contributed by atoms with Gasteiger partial charge in [0.05, 0.1) is 12.2 Å². The Hall–Kier alpha value is -2.48. The van der Waals surface area contributed by atoms with Crippen LogP contribution in [-0.2, 0) is 14.3 Å². The second kappa shape index (κ2) is 6.96. The van der Waals surface area contributed by atoms with Gasteiger partial charge >= 0.3 is 11.9 Å². The van der Waals surface area contributed by atoms with Crippen LogP contribution in [0.25, 0.3) is 0 Å². The van der Waals surface area contributed by atoms with Crippen LogP contribution in [0.3, 0.4) is 0 Å². The third kappa shape index (κ3) is 3.23. The maximum Gasteiger partial charge on any atom is 0.335 e. The van der Waals surface area contributed by atoms with Gasteiger partial charge in [0.2, 0.25) is 5.90 Å². The van der Waals surface area contributed by atoms with Crippen molar-refractivity contribution in [2.45, 2.75) is 24.7 Å². The van der Waals surface area contributed by atoms with Crippen LogP contribution in [-0.4, -0.2) is 34.7 Å². The van der Waals surface area contributed by atoms with E-state index in [1.807, 2.05) is 6.92 Å². The van der Waals surface area contributed by atoms with Gasteiger partial charge < -0.3 is 20.7 Å². The molecule has 128 valence electrons. The molecule has 2 rings (SSSR count). The average Bonchev–Trinajstić information content (AvgIpc) is 2.46. The number of carbonyl (C=O) groups is 2. The number of rotatable bonds is 4. The largest absolute Gasteiger partial charge is 0.481 e. The van der Waals surface area contributed by atoms with E-state index in [9.17, 15) is 19.8 Å². The number of nitrogens with zero attached hydrogens (tertiary/aromatic N) is 1. The standard InChI is InChI=1S/C16H18N2O5S/c1-3-23-14-12(16(21)22)10(11(15(19)20)13(17)18-14)8-5-4-7(2)6-9(8)24/h4-6,10,12,24H,3,17H2,1-2H3,(H,19,20)(H,21,22). The Balaban J connectivity index is 2.72. The molecule has 1 heterocycles. The monoisotopic (exact) mass is 350 g/mol. The molecule has 0 saturated heterocycles. The van der Waals surface area contributed by atoms with E-state index in [0.717, 1.165) is 5.56 Å². The summed E-state index contributed by atoms with van der Waals surface area (Å²) in [6.45, 7) is 3.72. The summed E-state index contributed by atoms with van der Waals surface area (Å²) in [4.78, 5) is 27.9. The van der Waals surface area contributed by atoms with Crippen molar-refractivity contribution < 1.29 is 24.5 Å². The molecule has 1 aliphatic heterocycles. The molecule has 4 N–H and O–H groups in total. The number of carboxylic acids is 2. The normalized spacial score (nSPS) is 20.5. The van der Waals surface area contributed by atoms with E-state index in [2.05, 4.69) is 17.6 Å². The number of aliphatic imine (C=N–C) groups is 1. The lowest BCUT2D eigenvalue weighted by Gasteiger charge is -2.30. The number of carboxylic acid groups (broad SMARTS) is 2. The van der Waals surface area contributed by atoms with E-state index in [-0.39, 0.29) is 23.9 Å². The number of thiol groups is 1. The summed E-state index contributed by atoms with van der Waals surface area (Å²) in [7, 11) is 0. The second-order valence-electron chi connectivity index (χ2n) is 5.34. The van der Waals surface area contributed by atoms with Crippen molar-refractivity contribution in [3.05, 3.63) is 40.7 Å². The fourth-order valence-corrected chi connectivity index (χ4v) is 3.15. The Bertz CT molecular complexity index is 757. The van der Waals surface area contributed by atoms with E-state index in [0.29, 0.717) is 10.5 Å². The van der Waals surface area contributed by atoms with Gasteiger partial charge in [-0.15, -0.1) is 12.6 Å². The molecule has 2 unspecified atom stereocenters. The number of hydrogen-bond donors (Lipinski definition) is 4. The molecule has 1 aliphatic rings. The molecule has 0 aliphatic carbocycles. The minimum atomic E-state index is -1.32. The second-order valence-corrected chi connectivity index (χ2v) is 5.82. The molecule has 24 heavy (non-hydrogen) atoms. The van der Waals surface area contributed by atoms with Crippen LogP contribution in [0.1, 0.15) is 24.0 Å². The highest BCUT2D eigenvalue weighted by molar-refractivity contribution is 7.80. The van der Waals surface area contributed by atoms with Crippen molar-refractivity contribution in [1.82, 2.24) is 0 Å². The molecular formula is C16H18N2O5S. The first-order valence-electron chi connectivity index (χ1n) is 7.24. The van der Waals surface area contributed by atoms with E-state index in [1.54, 1.807) is 25.1 Å². The van der Waals surface area contributed by atoms with Crippen LogP contribution in [0.15, 0.2) is 39.5 Å². The van der Waals surface area contributed by atoms with Crippen molar-refractivity contribution in [2.75, 3.05) is 6.61 Å². The van der Waals surface area contributed by atoms with Gasteiger partial charge in [-0.25, -0.2) is 4.79 Å². The van der Waals surface area contributed by atoms with Crippen molar-refractivity contribution in [1.29, 1.82) is 0 Å². The van der Waals surface area contributed by atoms with Gasteiger partial charge in [-0.2, -0.15) is 4.99 Å². The first-order valence-corrected chi connectivity index (χ1v) is 7.69. The number of aryl methyl sites for hydroxylation is 1. The zero-order chi connectivity index (χ0) is 18.0. The molecular weight excluding hydrogens is 332 g/mol. The summed E-state index contributed by atoms with van der Waals surface area (Å²) in [6.07, 6.45) is 0. The number of hydrogen-bond acceptors (Lipinski definition) is 6. The van der Waals surface area contributed by atoms with Gasteiger partial charge in [0.25, 0.3) is 0 Å². The zero-order valence-electron chi connectivity index (χ0n) is 13.2. The molecule has 7 nitrogen and oxygen atoms in total. The Morgan fingerprint density at radius 3 is 2.54 bits per heavy atom. The Morgan fingerprint density at radius 1 is 1.38 bits per heavy atom. The first-order chi connectivity index (χ1) is 11.3. The van der Waals surface area contributed by atoms with Gasteiger partial charge in [0.15, 0.2) is 0 Å². The third-order valence-electron chi connectivity index (χ3n) is 3.73. The molecule has 1 aromatic rings. The summed E-state index contributed by atoms with van der Waals surface area (Å²) >= 11 is 4.38. The SMILES string of the molecule is CCOC1=NC(N)=C(C(=O)O)C(c2ccc(C)cc2S)C1C(=O)O. The lowest BCUT2D eigenvalue weighted by atomic mass is 9.78. The minimum Gasteiger partial charge on any atom is -0.481 e. The lowest BCUT2D eigenvalue weighted by molar-refractivity contribution is -0.140. The van der Waals surface area contributed by atoms with E-state index < -0.39 is 23.8 Å². The van der Waals surface area contributed by atoms with Gasteiger partial charge in [0, 0.05) is 10.8 Å². The summed E-state index contributed by atoms with van der Waals surface area (Å²) in [5, 5.41) is 19.2. The summed E-state index contributed by atoms with van der Waals surface area (Å²) < 4.78 is 5.31. The average molecular weight is 350 g/mol. The number of ether oxygens (including phenoxy) is 1. The van der Waals surface area contributed by atoms with Crippen LogP contribution in [0.4, 0.5) is 0 Å². The number of aliphatic carboxylic acids is 2. The van der Waals surface area contributed by atoms with Gasteiger partial charge in [-0.05, 0) is 25.5 Å². The zero-order valence-corrected chi connectivity index (χ0v) is 14.1. The van der Waals surface area contributed by atoms with Gasteiger partial charge in [-0.1, -0.05) is 17.7 Å². The predicted octanol–water partition coefficient (Wildman–Crippen LogP) is 1.77. The fraction of sp³-hybridized carbons (Fsp3) is 0.312. The van der Waals surface area contributed by atoms with Crippen molar-refractivity contribution in [3.8, 4) is 0 Å². The first kappa shape index (κ1) is 17.9. The predicted molar refractivity (Wildman–Crippen MR) is 90.2 cm³/mol. The van der Waals surface area contributed by atoms with E-state index >= 15 is 0 Å². The molecule has 0 spiro atoms. The lowest BCUT2D eigenvalue weighted by Crippen LogP contribution is -2.38. The van der Waals surface area contributed by atoms with E-state index in [1.165, 1.54) is 0 Å². The molecule has 0 fully saturated rings. The highest BCUT2D eigenvalue weighted by Crippen LogP contribution is 2.40. The maximum atomic E-state index is 11.8. The number of nitrogens with two attached hydrogens (primary N) is 1. The molecule has 0 bridgehead atoms. The van der Waals surface area contributed by atoms with Crippen LogP contribution in [0.5, 0.6) is 0 Å². The van der Waals surface area contributed by atoms with Crippen molar-refractivity contribution in [3.63, 3.8) is 0 Å². The van der Waals surface area contributed by atoms with Gasteiger partial charge in [-0.3, -0.25) is 4.79 Å². The number of benzene rings is 1. The maximum absolute atomic E-state index is 11.8. The Labute approximate surface area is 144 Å². The van der Waals surface area contributed by atoms with Crippen LogP contribution in [0, 0.1) is 12.8 Å². The fourth-order valence-electron chi connectivity index (χ4n) is 2.73. The Morgan fingerprint density at radius 2 is 2.04 bits per heavy atom. The van der Waals surface area contributed by atoms with Crippen LogP contribution < -0.4 is 5.73 Å². The molecule has 0 amide bonds. The van der Waals surface area contributed by atoms with Crippen molar-refractivity contribution in [2.24, 2.45) is 16.6 Å². The molecule has 1 aromatic carbocycles. The molecule has 0 saturated carbocycles. The van der Waals surface area contributed by atoms with E-state index in [4.69, 9.17) is 10.5 Å². The summed E-state index contributed by atoms with van der Waals surface area (Å²) in [5.74, 6) is -5.28. The van der Waals surface area contributed by atoms with Gasteiger partial charge in [0.1, 0.15) is 11.7 Å². The molecule has 0 radical (unpaired) electrons. The Kier molecular flexibility index (Phi) is 5.18. The molecule has 0 aromatic heterocycles.